The van der Waals surface area contributed by atoms with Crippen molar-refractivity contribution in [2.45, 2.75) is 26.7 Å². The summed E-state index contributed by atoms with van der Waals surface area (Å²) in [6.45, 7) is 6.27. The van der Waals surface area contributed by atoms with Gasteiger partial charge in [-0.25, -0.2) is 0 Å². The zero-order valence-electron chi connectivity index (χ0n) is 10.6. The molecule has 0 aliphatic rings. The maximum absolute atomic E-state index is 9.94. The van der Waals surface area contributed by atoms with Crippen LogP contribution in [0.1, 0.15) is 35.1 Å². The fourth-order valence-electron chi connectivity index (χ4n) is 2.14. The molecule has 0 aromatic heterocycles. The summed E-state index contributed by atoms with van der Waals surface area (Å²) in [5.41, 5.74) is 4.67. The molecule has 0 saturated heterocycles. The molecule has 0 radical (unpaired) electrons. The highest BCUT2D eigenvalue weighted by molar-refractivity contribution is 5.43. The van der Waals surface area contributed by atoms with Gasteiger partial charge >= 0.3 is 0 Å². The third-order valence-corrected chi connectivity index (χ3v) is 3.19. The average molecular weight is 226 g/mol. The standard InChI is InChI=1S/C16H18O/c1-11-5-4-6-14(9-11)13(3)15-10-12(2)7-8-16(15)17/h4-10,13,17H,1-3H3. The van der Waals surface area contributed by atoms with Crippen LogP contribution in [0.4, 0.5) is 0 Å². The van der Waals surface area contributed by atoms with Gasteiger partial charge in [-0.05, 0) is 25.5 Å². The molecule has 1 N–H and O–H groups in total. The van der Waals surface area contributed by atoms with E-state index in [-0.39, 0.29) is 5.92 Å². The van der Waals surface area contributed by atoms with Crippen LogP contribution in [-0.2, 0) is 0 Å². The molecule has 2 rings (SSSR count). The Hall–Kier alpha value is -1.76. The smallest absolute Gasteiger partial charge is 0.119 e. The number of aromatic hydroxyl groups is 1. The summed E-state index contributed by atoms with van der Waals surface area (Å²) in [6, 6.07) is 14.2. The first-order valence-corrected chi connectivity index (χ1v) is 5.94. The molecule has 0 amide bonds. The van der Waals surface area contributed by atoms with Gasteiger partial charge in [0.1, 0.15) is 5.75 Å². The van der Waals surface area contributed by atoms with Crippen molar-refractivity contribution in [2.24, 2.45) is 0 Å². The van der Waals surface area contributed by atoms with Crippen LogP contribution in [-0.4, -0.2) is 5.11 Å². The molecule has 0 bridgehead atoms. The highest BCUT2D eigenvalue weighted by Crippen LogP contribution is 2.31. The van der Waals surface area contributed by atoms with Crippen LogP contribution in [0, 0.1) is 13.8 Å². The summed E-state index contributed by atoms with van der Waals surface area (Å²) in [5.74, 6) is 0.597. The third kappa shape index (κ3) is 2.50. The third-order valence-electron chi connectivity index (χ3n) is 3.19. The Kier molecular flexibility index (Phi) is 3.19. The van der Waals surface area contributed by atoms with E-state index in [4.69, 9.17) is 0 Å². The lowest BCUT2D eigenvalue weighted by molar-refractivity contribution is 0.466. The van der Waals surface area contributed by atoms with E-state index in [9.17, 15) is 5.11 Å². The van der Waals surface area contributed by atoms with Crippen molar-refractivity contribution in [3.63, 3.8) is 0 Å². The van der Waals surface area contributed by atoms with Gasteiger partial charge < -0.3 is 5.11 Å². The van der Waals surface area contributed by atoms with Gasteiger partial charge in [-0.15, -0.1) is 0 Å². The van der Waals surface area contributed by atoms with Crippen LogP contribution in [0.3, 0.4) is 0 Å². The molecule has 1 nitrogen and oxygen atoms in total. The molecule has 2 aromatic carbocycles. The van der Waals surface area contributed by atoms with Crippen molar-refractivity contribution < 1.29 is 5.11 Å². The number of benzene rings is 2. The van der Waals surface area contributed by atoms with E-state index < -0.39 is 0 Å². The van der Waals surface area contributed by atoms with Gasteiger partial charge in [0.15, 0.2) is 0 Å². The fraction of sp³-hybridized carbons (Fsp3) is 0.250. The Bertz CT molecular complexity index is 529. The minimum atomic E-state index is 0.217. The number of aryl methyl sites for hydroxylation is 2. The molecule has 0 aliphatic carbocycles. The number of phenolic OH excluding ortho intramolecular Hbond substituents is 1. The Morgan fingerprint density at radius 1 is 0.941 bits per heavy atom. The van der Waals surface area contributed by atoms with Crippen molar-refractivity contribution in [3.8, 4) is 5.75 Å². The monoisotopic (exact) mass is 226 g/mol. The molecule has 1 heteroatoms. The van der Waals surface area contributed by atoms with E-state index in [0.717, 1.165) is 5.56 Å². The largest absolute Gasteiger partial charge is 0.508 e. The maximum Gasteiger partial charge on any atom is 0.119 e. The van der Waals surface area contributed by atoms with Crippen LogP contribution >= 0.6 is 0 Å². The molecular weight excluding hydrogens is 208 g/mol. The summed E-state index contributed by atoms with van der Waals surface area (Å²) in [5, 5.41) is 9.94. The van der Waals surface area contributed by atoms with Gasteiger partial charge in [-0.1, -0.05) is 54.4 Å². The van der Waals surface area contributed by atoms with Crippen molar-refractivity contribution in [2.75, 3.05) is 0 Å². The summed E-state index contributed by atoms with van der Waals surface area (Å²) in [6.07, 6.45) is 0. The number of hydrogen-bond acceptors (Lipinski definition) is 1. The fourth-order valence-corrected chi connectivity index (χ4v) is 2.14. The Morgan fingerprint density at radius 3 is 2.35 bits per heavy atom. The van der Waals surface area contributed by atoms with E-state index >= 15 is 0 Å². The van der Waals surface area contributed by atoms with Gasteiger partial charge in [-0.3, -0.25) is 0 Å². The van der Waals surface area contributed by atoms with E-state index in [0.29, 0.717) is 5.75 Å². The highest BCUT2D eigenvalue weighted by atomic mass is 16.3. The molecule has 2 aromatic rings. The molecule has 0 aliphatic heterocycles. The van der Waals surface area contributed by atoms with Gasteiger partial charge in [0.2, 0.25) is 0 Å². The summed E-state index contributed by atoms with van der Waals surface area (Å²) < 4.78 is 0. The Balaban J connectivity index is 2.43. The molecule has 0 spiro atoms. The lowest BCUT2D eigenvalue weighted by atomic mass is 9.90. The minimum absolute atomic E-state index is 0.217. The summed E-state index contributed by atoms with van der Waals surface area (Å²) in [4.78, 5) is 0. The molecule has 1 unspecified atom stereocenters. The highest BCUT2D eigenvalue weighted by Gasteiger charge is 2.12. The van der Waals surface area contributed by atoms with Gasteiger partial charge in [0.05, 0.1) is 0 Å². The SMILES string of the molecule is Cc1cccc(C(C)c2cc(C)ccc2O)c1. The minimum Gasteiger partial charge on any atom is -0.508 e. The summed E-state index contributed by atoms with van der Waals surface area (Å²) in [7, 11) is 0. The van der Waals surface area contributed by atoms with E-state index in [2.05, 4.69) is 44.2 Å². The van der Waals surface area contributed by atoms with Gasteiger partial charge in [0, 0.05) is 11.5 Å². The molecule has 88 valence electrons. The molecule has 0 fully saturated rings. The van der Waals surface area contributed by atoms with Gasteiger partial charge in [-0.2, -0.15) is 0 Å². The van der Waals surface area contributed by atoms with Crippen LogP contribution in [0.5, 0.6) is 5.75 Å². The topological polar surface area (TPSA) is 20.2 Å². The second-order valence-corrected chi connectivity index (χ2v) is 4.70. The number of rotatable bonds is 2. The van der Waals surface area contributed by atoms with Crippen LogP contribution in [0.25, 0.3) is 0 Å². The first kappa shape index (κ1) is 11.7. The van der Waals surface area contributed by atoms with Crippen LogP contribution in [0.2, 0.25) is 0 Å². The quantitative estimate of drug-likeness (QED) is 0.815. The zero-order chi connectivity index (χ0) is 12.4. The first-order chi connectivity index (χ1) is 8.08. The van der Waals surface area contributed by atoms with E-state index in [1.165, 1.54) is 16.7 Å². The van der Waals surface area contributed by atoms with Crippen molar-refractivity contribution in [1.29, 1.82) is 0 Å². The predicted molar refractivity (Wildman–Crippen MR) is 71.5 cm³/mol. The van der Waals surface area contributed by atoms with Crippen molar-refractivity contribution in [1.82, 2.24) is 0 Å². The molecule has 17 heavy (non-hydrogen) atoms. The number of hydrogen-bond donors (Lipinski definition) is 1. The van der Waals surface area contributed by atoms with Crippen LogP contribution < -0.4 is 0 Å². The lowest BCUT2D eigenvalue weighted by Crippen LogP contribution is -1.97. The van der Waals surface area contributed by atoms with Crippen LogP contribution in [0.15, 0.2) is 42.5 Å². The molecular formula is C16H18O. The van der Waals surface area contributed by atoms with E-state index in [1.54, 1.807) is 6.07 Å². The Morgan fingerprint density at radius 2 is 1.65 bits per heavy atom. The van der Waals surface area contributed by atoms with Crippen molar-refractivity contribution >= 4 is 0 Å². The molecule has 0 saturated carbocycles. The predicted octanol–water partition coefficient (Wildman–Crippen LogP) is 4.16. The average Bonchev–Trinajstić information content (AvgIpc) is 2.31. The molecule has 0 heterocycles. The van der Waals surface area contributed by atoms with Crippen molar-refractivity contribution in [3.05, 3.63) is 64.7 Å². The number of phenols is 1. The van der Waals surface area contributed by atoms with E-state index in [1.807, 2.05) is 13.0 Å². The Labute approximate surface area is 103 Å². The first-order valence-electron chi connectivity index (χ1n) is 5.94. The maximum atomic E-state index is 9.94. The zero-order valence-corrected chi connectivity index (χ0v) is 10.6. The van der Waals surface area contributed by atoms with Gasteiger partial charge in [0.25, 0.3) is 0 Å². The lowest BCUT2D eigenvalue weighted by Gasteiger charge is -2.15. The normalized spacial score (nSPS) is 12.4. The second kappa shape index (κ2) is 4.62. The summed E-state index contributed by atoms with van der Waals surface area (Å²) >= 11 is 0. The second-order valence-electron chi connectivity index (χ2n) is 4.70. The molecule has 1 atom stereocenters.